The van der Waals surface area contributed by atoms with Crippen molar-refractivity contribution in [2.45, 2.75) is 26.8 Å². The average molecular weight is 341 g/mol. The molecule has 112 valence electrons. The van der Waals surface area contributed by atoms with Crippen LogP contribution >= 0.6 is 15.9 Å². The molecule has 1 saturated heterocycles. The Kier molecular flexibility index (Phi) is 6.33. The van der Waals surface area contributed by atoms with Crippen molar-refractivity contribution in [2.24, 2.45) is 5.92 Å². The third kappa shape index (κ3) is 5.08. The van der Waals surface area contributed by atoms with Crippen LogP contribution in [0.5, 0.6) is 5.75 Å². The minimum atomic E-state index is 0.547. The summed E-state index contributed by atoms with van der Waals surface area (Å²) in [4.78, 5) is 2.51. The van der Waals surface area contributed by atoms with Gasteiger partial charge < -0.3 is 10.1 Å². The molecule has 2 rings (SSSR count). The lowest BCUT2D eigenvalue weighted by molar-refractivity contribution is 0.268. The average Bonchev–Trinajstić information content (AvgIpc) is 2.66. The fraction of sp³-hybridized carbons (Fsp3) is 0.625. The maximum Gasteiger partial charge on any atom is 0.133 e. The lowest BCUT2D eigenvalue weighted by Crippen LogP contribution is -2.27. The monoisotopic (exact) mass is 340 g/mol. The van der Waals surface area contributed by atoms with E-state index in [1.807, 2.05) is 0 Å². The Morgan fingerprint density at radius 2 is 2.15 bits per heavy atom. The number of hydrogen-bond donors (Lipinski definition) is 1. The Labute approximate surface area is 130 Å². The summed E-state index contributed by atoms with van der Waals surface area (Å²) >= 11 is 3.62. The zero-order valence-corrected chi connectivity index (χ0v) is 14.1. The first-order chi connectivity index (χ1) is 9.65. The normalized spacial score (nSPS) is 17.2. The lowest BCUT2D eigenvalue weighted by atomic mass is 10.2. The Morgan fingerprint density at radius 1 is 1.30 bits per heavy atom. The fourth-order valence-electron chi connectivity index (χ4n) is 2.33. The summed E-state index contributed by atoms with van der Waals surface area (Å²) < 4.78 is 6.85. The molecule has 0 atom stereocenters. The maximum atomic E-state index is 5.79. The molecule has 0 spiro atoms. The second-order valence-electron chi connectivity index (χ2n) is 5.85. The van der Waals surface area contributed by atoms with E-state index in [0.717, 1.165) is 43.0 Å². The smallest absolute Gasteiger partial charge is 0.133 e. The Balaban J connectivity index is 1.93. The van der Waals surface area contributed by atoms with E-state index >= 15 is 0 Å². The zero-order valence-electron chi connectivity index (χ0n) is 12.5. The molecule has 1 fully saturated rings. The van der Waals surface area contributed by atoms with Gasteiger partial charge in [0.25, 0.3) is 0 Å². The van der Waals surface area contributed by atoms with Gasteiger partial charge in [0.1, 0.15) is 5.75 Å². The number of nitrogens with zero attached hydrogens (tertiary/aromatic N) is 1. The summed E-state index contributed by atoms with van der Waals surface area (Å²) in [7, 11) is 0. The summed E-state index contributed by atoms with van der Waals surface area (Å²) in [5.41, 5.74) is 1.34. The predicted octanol–water partition coefficient (Wildman–Crippen LogP) is 3.28. The molecule has 0 bridgehead atoms. The predicted molar refractivity (Wildman–Crippen MR) is 87.2 cm³/mol. The van der Waals surface area contributed by atoms with Gasteiger partial charge in [-0.15, -0.1) is 0 Å². The third-order valence-electron chi connectivity index (χ3n) is 3.41. The van der Waals surface area contributed by atoms with Gasteiger partial charge >= 0.3 is 0 Å². The van der Waals surface area contributed by atoms with Crippen molar-refractivity contribution in [3.63, 3.8) is 0 Å². The van der Waals surface area contributed by atoms with Crippen LogP contribution in [0.2, 0.25) is 0 Å². The Bertz CT molecular complexity index is 415. The van der Waals surface area contributed by atoms with Crippen molar-refractivity contribution in [2.75, 3.05) is 32.8 Å². The van der Waals surface area contributed by atoms with Crippen LogP contribution in [-0.2, 0) is 6.54 Å². The summed E-state index contributed by atoms with van der Waals surface area (Å²) in [5, 5.41) is 3.44. The molecule has 0 amide bonds. The summed E-state index contributed by atoms with van der Waals surface area (Å²) in [6.45, 7) is 10.6. The highest BCUT2D eigenvalue weighted by atomic mass is 79.9. The van der Waals surface area contributed by atoms with E-state index in [4.69, 9.17) is 4.74 Å². The molecule has 20 heavy (non-hydrogen) atoms. The van der Waals surface area contributed by atoms with Crippen LogP contribution in [0.4, 0.5) is 0 Å². The molecule has 3 nitrogen and oxygen atoms in total. The van der Waals surface area contributed by atoms with Crippen LogP contribution in [0.15, 0.2) is 22.7 Å². The molecule has 0 radical (unpaired) electrons. The van der Waals surface area contributed by atoms with Crippen LogP contribution in [0, 0.1) is 5.92 Å². The van der Waals surface area contributed by atoms with Crippen molar-refractivity contribution >= 4 is 15.9 Å². The molecule has 0 saturated carbocycles. The number of hydrogen-bond acceptors (Lipinski definition) is 3. The number of ether oxygens (including phenoxy) is 1. The van der Waals surface area contributed by atoms with E-state index in [-0.39, 0.29) is 0 Å². The van der Waals surface area contributed by atoms with Crippen molar-refractivity contribution in [1.82, 2.24) is 10.2 Å². The van der Waals surface area contributed by atoms with Crippen molar-refractivity contribution in [3.05, 3.63) is 28.2 Å². The molecule has 1 aliphatic heterocycles. The van der Waals surface area contributed by atoms with E-state index in [1.54, 1.807) is 0 Å². The Hall–Kier alpha value is -0.580. The molecule has 1 aromatic rings. The topological polar surface area (TPSA) is 24.5 Å². The van der Waals surface area contributed by atoms with Gasteiger partial charge in [-0.2, -0.15) is 0 Å². The standard InChI is InChI=1S/C16H25BrN2O/c1-13(2)12-20-16-5-4-14(10-15(16)17)11-19-8-3-6-18-7-9-19/h4-5,10,13,18H,3,6-9,11-12H2,1-2H3. The first-order valence-electron chi connectivity index (χ1n) is 7.49. The maximum absolute atomic E-state index is 5.79. The molecular weight excluding hydrogens is 316 g/mol. The minimum Gasteiger partial charge on any atom is -0.492 e. The summed E-state index contributed by atoms with van der Waals surface area (Å²) in [6.07, 6.45) is 1.23. The summed E-state index contributed by atoms with van der Waals surface area (Å²) in [5.74, 6) is 1.49. The molecule has 1 heterocycles. The van der Waals surface area contributed by atoms with E-state index in [0.29, 0.717) is 5.92 Å². The number of halogens is 1. The zero-order chi connectivity index (χ0) is 14.4. The van der Waals surface area contributed by atoms with E-state index < -0.39 is 0 Å². The number of benzene rings is 1. The van der Waals surface area contributed by atoms with E-state index in [2.05, 4.69) is 58.2 Å². The first kappa shape index (κ1) is 15.8. The summed E-state index contributed by atoms with van der Waals surface area (Å²) in [6, 6.07) is 6.45. The van der Waals surface area contributed by atoms with Crippen LogP contribution in [0.3, 0.4) is 0 Å². The van der Waals surface area contributed by atoms with Crippen molar-refractivity contribution < 1.29 is 4.74 Å². The minimum absolute atomic E-state index is 0.547. The van der Waals surface area contributed by atoms with Gasteiger partial charge in [0.05, 0.1) is 11.1 Å². The van der Waals surface area contributed by atoms with Crippen LogP contribution in [0.1, 0.15) is 25.8 Å². The quantitative estimate of drug-likeness (QED) is 0.890. The molecule has 0 aliphatic carbocycles. The lowest BCUT2D eigenvalue weighted by Gasteiger charge is -2.20. The van der Waals surface area contributed by atoms with Gasteiger partial charge in [-0.1, -0.05) is 19.9 Å². The van der Waals surface area contributed by atoms with Crippen LogP contribution in [0.25, 0.3) is 0 Å². The van der Waals surface area contributed by atoms with Crippen molar-refractivity contribution in [1.29, 1.82) is 0 Å². The third-order valence-corrected chi connectivity index (χ3v) is 4.03. The second-order valence-corrected chi connectivity index (χ2v) is 6.70. The largest absolute Gasteiger partial charge is 0.492 e. The van der Waals surface area contributed by atoms with Gasteiger partial charge in [-0.05, 0) is 59.1 Å². The molecule has 0 aromatic heterocycles. The first-order valence-corrected chi connectivity index (χ1v) is 8.29. The van der Waals surface area contributed by atoms with Gasteiger partial charge in [-0.25, -0.2) is 0 Å². The molecular formula is C16H25BrN2O. The highest BCUT2D eigenvalue weighted by Gasteiger charge is 2.10. The SMILES string of the molecule is CC(C)COc1ccc(CN2CCCNCC2)cc1Br. The highest BCUT2D eigenvalue weighted by molar-refractivity contribution is 9.10. The molecule has 0 unspecified atom stereocenters. The van der Waals surface area contributed by atoms with Gasteiger partial charge in [0.15, 0.2) is 0 Å². The molecule has 1 aromatic carbocycles. The molecule has 1 N–H and O–H groups in total. The van der Waals surface area contributed by atoms with E-state index in [1.165, 1.54) is 18.5 Å². The second kappa shape index (κ2) is 8.01. The highest BCUT2D eigenvalue weighted by Crippen LogP contribution is 2.27. The molecule has 4 heteroatoms. The fourth-order valence-corrected chi connectivity index (χ4v) is 2.87. The van der Waals surface area contributed by atoms with E-state index in [9.17, 15) is 0 Å². The van der Waals surface area contributed by atoms with Crippen molar-refractivity contribution in [3.8, 4) is 5.75 Å². The van der Waals surface area contributed by atoms with Gasteiger partial charge in [0.2, 0.25) is 0 Å². The number of rotatable bonds is 5. The van der Waals surface area contributed by atoms with Gasteiger partial charge in [0, 0.05) is 19.6 Å². The molecule has 1 aliphatic rings. The number of nitrogens with one attached hydrogen (secondary N) is 1. The van der Waals surface area contributed by atoms with Crippen LogP contribution < -0.4 is 10.1 Å². The van der Waals surface area contributed by atoms with Crippen LogP contribution in [-0.4, -0.2) is 37.7 Å². The Morgan fingerprint density at radius 3 is 2.90 bits per heavy atom. The van der Waals surface area contributed by atoms with Gasteiger partial charge in [-0.3, -0.25) is 4.90 Å².